The van der Waals surface area contributed by atoms with E-state index < -0.39 is 0 Å². The number of nitrogens with one attached hydrogen (secondary N) is 2. The molecule has 1 aromatic heterocycles. The van der Waals surface area contributed by atoms with Crippen LogP contribution in [0.25, 0.3) is 0 Å². The highest BCUT2D eigenvalue weighted by molar-refractivity contribution is 5.91. The molecule has 92 valence electrons. The number of hydrogen-bond donors (Lipinski definition) is 2. The molecule has 2 atom stereocenters. The van der Waals surface area contributed by atoms with Crippen LogP contribution in [0.3, 0.4) is 0 Å². The summed E-state index contributed by atoms with van der Waals surface area (Å²) >= 11 is 0. The summed E-state index contributed by atoms with van der Waals surface area (Å²) in [5.41, 5.74) is 1.10. The molecule has 1 fully saturated rings. The Kier molecular flexibility index (Phi) is 3.74. The second-order valence-corrected chi connectivity index (χ2v) is 4.79. The van der Waals surface area contributed by atoms with Crippen LogP contribution in [0.5, 0.6) is 0 Å². The first-order valence-corrected chi connectivity index (χ1v) is 6.12. The third kappa shape index (κ3) is 3.27. The quantitative estimate of drug-likeness (QED) is 0.817. The molecule has 0 saturated carbocycles. The smallest absolute Gasteiger partial charge is 0.228 e. The summed E-state index contributed by atoms with van der Waals surface area (Å²) < 4.78 is 0. The van der Waals surface area contributed by atoms with E-state index in [1.807, 2.05) is 19.1 Å². The first-order chi connectivity index (χ1) is 8.15. The molecule has 2 rings (SSSR count). The Morgan fingerprint density at radius 1 is 1.53 bits per heavy atom. The molecule has 1 saturated heterocycles. The van der Waals surface area contributed by atoms with Crippen molar-refractivity contribution in [3.8, 4) is 0 Å². The molecule has 0 aliphatic carbocycles. The summed E-state index contributed by atoms with van der Waals surface area (Å²) in [6.45, 7) is 5.01. The molecular formula is C13H19N3O. The number of carbonyl (C=O) groups is 1. The molecule has 0 bridgehead atoms. The van der Waals surface area contributed by atoms with Gasteiger partial charge in [0.1, 0.15) is 5.82 Å². The fourth-order valence-electron chi connectivity index (χ4n) is 2.14. The fourth-order valence-corrected chi connectivity index (χ4v) is 2.14. The van der Waals surface area contributed by atoms with Crippen molar-refractivity contribution in [2.24, 2.45) is 5.92 Å². The van der Waals surface area contributed by atoms with Gasteiger partial charge in [-0.1, -0.05) is 6.07 Å². The number of anilines is 1. The predicted molar refractivity (Wildman–Crippen MR) is 67.8 cm³/mol. The zero-order valence-corrected chi connectivity index (χ0v) is 10.4. The zero-order valence-electron chi connectivity index (χ0n) is 10.4. The van der Waals surface area contributed by atoms with Gasteiger partial charge in [-0.3, -0.25) is 4.79 Å². The van der Waals surface area contributed by atoms with Gasteiger partial charge in [-0.2, -0.15) is 0 Å². The Morgan fingerprint density at radius 3 is 3.00 bits per heavy atom. The topological polar surface area (TPSA) is 54.0 Å². The molecule has 1 aliphatic heterocycles. The van der Waals surface area contributed by atoms with Gasteiger partial charge in [0.15, 0.2) is 0 Å². The maximum Gasteiger partial charge on any atom is 0.228 e. The number of hydrogen-bond acceptors (Lipinski definition) is 3. The maximum absolute atomic E-state index is 12.0. The molecule has 0 aromatic carbocycles. The van der Waals surface area contributed by atoms with E-state index in [-0.39, 0.29) is 11.8 Å². The van der Waals surface area contributed by atoms with E-state index in [1.165, 1.54) is 0 Å². The highest BCUT2D eigenvalue weighted by Gasteiger charge is 2.24. The molecule has 0 radical (unpaired) electrons. The maximum atomic E-state index is 12.0. The summed E-state index contributed by atoms with van der Waals surface area (Å²) in [4.78, 5) is 16.2. The number of nitrogens with zero attached hydrogens (tertiary/aromatic N) is 1. The van der Waals surface area contributed by atoms with E-state index in [2.05, 4.69) is 22.5 Å². The average Bonchev–Trinajstić information content (AvgIpc) is 2.32. The number of pyridine rings is 1. The standard InChI is InChI=1S/C13H19N3O/c1-9-3-4-12(15-8-9)16-13(17)11-5-6-14-10(2)7-11/h3-4,8,10-11,14H,5-7H2,1-2H3,(H,15,16,17). The Balaban J connectivity index is 1.94. The van der Waals surface area contributed by atoms with E-state index in [0.717, 1.165) is 24.9 Å². The van der Waals surface area contributed by atoms with E-state index >= 15 is 0 Å². The lowest BCUT2D eigenvalue weighted by molar-refractivity contribution is -0.120. The van der Waals surface area contributed by atoms with E-state index in [9.17, 15) is 4.79 Å². The number of aromatic nitrogens is 1. The van der Waals surface area contributed by atoms with Gasteiger partial charge >= 0.3 is 0 Å². The van der Waals surface area contributed by atoms with E-state index in [0.29, 0.717) is 11.9 Å². The highest BCUT2D eigenvalue weighted by atomic mass is 16.1. The number of aryl methyl sites for hydroxylation is 1. The largest absolute Gasteiger partial charge is 0.314 e. The molecule has 17 heavy (non-hydrogen) atoms. The lowest BCUT2D eigenvalue weighted by atomic mass is 9.92. The van der Waals surface area contributed by atoms with Gasteiger partial charge in [0.25, 0.3) is 0 Å². The predicted octanol–water partition coefficient (Wildman–Crippen LogP) is 1.72. The molecule has 1 aromatic rings. The Bertz CT molecular complexity index is 388. The SMILES string of the molecule is Cc1ccc(NC(=O)C2CCNC(C)C2)nc1. The highest BCUT2D eigenvalue weighted by Crippen LogP contribution is 2.17. The van der Waals surface area contributed by atoms with Crippen LogP contribution in [0.15, 0.2) is 18.3 Å². The van der Waals surface area contributed by atoms with Crippen molar-refractivity contribution < 1.29 is 4.79 Å². The van der Waals surface area contributed by atoms with Crippen LogP contribution in [0.2, 0.25) is 0 Å². The van der Waals surface area contributed by atoms with Gasteiger partial charge in [0.05, 0.1) is 0 Å². The monoisotopic (exact) mass is 233 g/mol. The third-order valence-corrected chi connectivity index (χ3v) is 3.16. The van der Waals surface area contributed by atoms with Crippen molar-refractivity contribution in [3.05, 3.63) is 23.9 Å². The minimum atomic E-state index is 0.0923. The van der Waals surface area contributed by atoms with Crippen molar-refractivity contribution in [1.29, 1.82) is 0 Å². The Hall–Kier alpha value is -1.42. The number of amides is 1. The Labute approximate surface area is 102 Å². The molecule has 4 heteroatoms. The van der Waals surface area contributed by atoms with Crippen LogP contribution in [0.1, 0.15) is 25.3 Å². The number of piperidine rings is 1. The average molecular weight is 233 g/mol. The molecule has 2 N–H and O–H groups in total. The number of carbonyl (C=O) groups excluding carboxylic acids is 1. The van der Waals surface area contributed by atoms with Crippen molar-refractivity contribution >= 4 is 11.7 Å². The van der Waals surface area contributed by atoms with Crippen LogP contribution in [0, 0.1) is 12.8 Å². The van der Waals surface area contributed by atoms with Gasteiger partial charge in [-0.05, 0) is 44.9 Å². The lowest BCUT2D eigenvalue weighted by Gasteiger charge is -2.26. The first-order valence-electron chi connectivity index (χ1n) is 6.12. The van der Waals surface area contributed by atoms with Crippen molar-refractivity contribution in [2.45, 2.75) is 32.7 Å². The van der Waals surface area contributed by atoms with Crippen LogP contribution in [-0.2, 0) is 4.79 Å². The molecule has 2 heterocycles. The zero-order chi connectivity index (χ0) is 12.3. The van der Waals surface area contributed by atoms with Gasteiger partial charge in [-0.15, -0.1) is 0 Å². The van der Waals surface area contributed by atoms with Gasteiger partial charge in [0.2, 0.25) is 5.91 Å². The molecule has 2 unspecified atom stereocenters. The molecule has 4 nitrogen and oxygen atoms in total. The molecule has 1 aliphatic rings. The normalized spacial score (nSPS) is 24.4. The van der Waals surface area contributed by atoms with Crippen LogP contribution in [-0.4, -0.2) is 23.5 Å². The molecule has 1 amide bonds. The van der Waals surface area contributed by atoms with Crippen molar-refractivity contribution in [1.82, 2.24) is 10.3 Å². The summed E-state index contributed by atoms with van der Waals surface area (Å²) in [6, 6.07) is 4.22. The summed E-state index contributed by atoms with van der Waals surface area (Å²) in [7, 11) is 0. The van der Waals surface area contributed by atoms with Gasteiger partial charge in [-0.25, -0.2) is 4.98 Å². The van der Waals surface area contributed by atoms with Gasteiger partial charge in [0, 0.05) is 18.2 Å². The summed E-state index contributed by atoms with van der Waals surface area (Å²) in [6.07, 6.45) is 3.57. The van der Waals surface area contributed by atoms with Crippen LogP contribution < -0.4 is 10.6 Å². The molecular weight excluding hydrogens is 214 g/mol. The second-order valence-electron chi connectivity index (χ2n) is 4.79. The van der Waals surface area contributed by atoms with Gasteiger partial charge < -0.3 is 10.6 Å². The number of rotatable bonds is 2. The summed E-state index contributed by atoms with van der Waals surface area (Å²) in [5.74, 6) is 0.843. The van der Waals surface area contributed by atoms with E-state index in [1.54, 1.807) is 6.20 Å². The lowest BCUT2D eigenvalue weighted by Crippen LogP contribution is -2.40. The fraction of sp³-hybridized carbons (Fsp3) is 0.538. The molecule has 0 spiro atoms. The van der Waals surface area contributed by atoms with E-state index in [4.69, 9.17) is 0 Å². The van der Waals surface area contributed by atoms with Crippen LogP contribution in [0.4, 0.5) is 5.82 Å². The second kappa shape index (κ2) is 5.27. The first kappa shape index (κ1) is 12.0. The van der Waals surface area contributed by atoms with Crippen molar-refractivity contribution in [2.75, 3.05) is 11.9 Å². The third-order valence-electron chi connectivity index (χ3n) is 3.16. The van der Waals surface area contributed by atoms with Crippen molar-refractivity contribution in [3.63, 3.8) is 0 Å². The summed E-state index contributed by atoms with van der Waals surface area (Å²) in [5, 5.41) is 6.22. The minimum Gasteiger partial charge on any atom is -0.314 e. The minimum absolute atomic E-state index is 0.0923. The van der Waals surface area contributed by atoms with Crippen LogP contribution >= 0.6 is 0 Å². The Morgan fingerprint density at radius 2 is 2.35 bits per heavy atom.